The maximum atomic E-state index is 11.0. The molecule has 2 aromatic carbocycles. The number of fused-ring (bicyclic) bond motifs is 1. The lowest BCUT2D eigenvalue weighted by atomic mass is 10.0. The van der Waals surface area contributed by atoms with Crippen LogP contribution in [-0.2, 0) is 0 Å². The molecule has 0 aliphatic heterocycles. The average molecular weight is 328 g/mol. The van der Waals surface area contributed by atoms with Crippen LogP contribution < -0.4 is 0 Å². The molecule has 3 aromatic rings. The molecule has 0 radical (unpaired) electrons. The van der Waals surface area contributed by atoms with Crippen molar-refractivity contribution in [2.75, 3.05) is 0 Å². The molecule has 98 valence electrons. The topological polar surface area (TPSA) is 50.2 Å². The second-order valence-electron chi connectivity index (χ2n) is 4.44. The van der Waals surface area contributed by atoms with Crippen molar-refractivity contribution in [1.82, 2.24) is 4.98 Å². The van der Waals surface area contributed by atoms with Gasteiger partial charge in [-0.15, -0.1) is 0 Å². The van der Waals surface area contributed by atoms with Crippen LogP contribution in [-0.4, -0.2) is 16.1 Å². The van der Waals surface area contributed by atoms with Crippen LogP contribution in [0.5, 0.6) is 0 Å². The van der Waals surface area contributed by atoms with Crippen LogP contribution >= 0.6 is 15.9 Å². The normalized spacial score (nSPS) is 10.7. The Morgan fingerprint density at radius 1 is 1.00 bits per heavy atom. The molecular formula is C16H10BrNO2. The van der Waals surface area contributed by atoms with Crippen LogP contribution in [0.1, 0.15) is 10.4 Å². The molecule has 1 N–H and O–H groups in total. The number of halogens is 1. The molecule has 0 saturated carbocycles. The first-order valence-corrected chi connectivity index (χ1v) is 6.82. The summed E-state index contributed by atoms with van der Waals surface area (Å²) in [5.74, 6) is -0.930. The Morgan fingerprint density at radius 2 is 1.75 bits per heavy atom. The highest BCUT2D eigenvalue weighted by Crippen LogP contribution is 2.24. The monoisotopic (exact) mass is 327 g/mol. The van der Waals surface area contributed by atoms with Gasteiger partial charge in [0.2, 0.25) is 0 Å². The predicted molar refractivity (Wildman–Crippen MR) is 81.8 cm³/mol. The number of pyridine rings is 1. The van der Waals surface area contributed by atoms with Crippen LogP contribution in [0.4, 0.5) is 0 Å². The van der Waals surface area contributed by atoms with E-state index < -0.39 is 5.97 Å². The minimum Gasteiger partial charge on any atom is -0.478 e. The van der Waals surface area contributed by atoms with Crippen molar-refractivity contribution in [2.24, 2.45) is 0 Å². The molecule has 3 nitrogen and oxygen atoms in total. The predicted octanol–water partition coefficient (Wildman–Crippen LogP) is 4.36. The van der Waals surface area contributed by atoms with E-state index in [0.717, 1.165) is 26.5 Å². The quantitative estimate of drug-likeness (QED) is 0.760. The van der Waals surface area contributed by atoms with Gasteiger partial charge in [-0.05, 0) is 42.0 Å². The summed E-state index contributed by atoms with van der Waals surface area (Å²) in [6.45, 7) is 0. The fraction of sp³-hybridized carbons (Fsp3) is 0. The molecule has 20 heavy (non-hydrogen) atoms. The maximum absolute atomic E-state index is 11.0. The zero-order chi connectivity index (χ0) is 14.1. The van der Waals surface area contributed by atoms with Crippen molar-refractivity contribution in [3.8, 4) is 11.1 Å². The van der Waals surface area contributed by atoms with Gasteiger partial charge in [-0.3, -0.25) is 4.98 Å². The molecule has 0 fully saturated rings. The Hall–Kier alpha value is -2.20. The van der Waals surface area contributed by atoms with Gasteiger partial charge in [0.25, 0.3) is 0 Å². The molecule has 0 amide bonds. The summed E-state index contributed by atoms with van der Waals surface area (Å²) in [4.78, 5) is 15.4. The van der Waals surface area contributed by atoms with Crippen LogP contribution in [0.3, 0.4) is 0 Å². The van der Waals surface area contributed by atoms with Crippen molar-refractivity contribution < 1.29 is 9.90 Å². The average Bonchev–Trinajstić information content (AvgIpc) is 2.47. The summed E-state index contributed by atoms with van der Waals surface area (Å²) < 4.78 is 1.02. The Balaban J connectivity index is 2.13. The summed E-state index contributed by atoms with van der Waals surface area (Å²) in [6, 6.07) is 14.8. The van der Waals surface area contributed by atoms with Gasteiger partial charge >= 0.3 is 5.97 Å². The first-order chi connectivity index (χ1) is 9.63. The van der Waals surface area contributed by atoms with Gasteiger partial charge in [-0.2, -0.15) is 0 Å². The molecule has 0 aliphatic rings. The van der Waals surface area contributed by atoms with Gasteiger partial charge in [0.05, 0.1) is 11.1 Å². The Morgan fingerprint density at radius 3 is 2.45 bits per heavy atom. The number of hydrogen-bond acceptors (Lipinski definition) is 2. The van der Waals surface area contributed by atoms with Gasteiger partial charge in [-0.1, -0.05) is 28.1 Å². The fourth-order valence-corrected chi connectivity index (χ4v) is 2.33. The zero-order valence-corrected chi connectivity index (χ0v) is 12.0. The molecule has 0 unspecified atom stereocenters. The first kappa shape index (κ1) is 12.8. The smallest absolute Gasteiger partial charge is 0.335 e. The number of benzene rings is 2. The molecule has 0 saturated heterocycles. The lowest BCUT2D eigenvalue weighted by molar-refractivity contribution is 0.0697. The number of rotatable bonds is 2. The van der Waals surface area contributed by atoms with Crippen LogP contribution in [0.15, 0.2) is 59.2 Å². The van der Waals surface area contributed by atoms with Gasteiger partial charge in [0, 0.05) is 21.6 Å². The van der Waals surface area contributed by atoms with E-state index in [2.05, 4.69) is 20.9 Å². The van der Waals surface area contributed by atoms with Crippen LogP contribution in [0, 0.1) is 0 Å². The molecule has 1 aromatic heterocycles. The minimum atomic E-state index is -0.930. The van der Waals surface area contributed by atoms with Crippen molar-refractivity contribution in [2.45, 2.75) is 0 Å². The van der Waals surface area contributed by atoms with Crippen LogP contribution in [0.25, 0.3) is 22.0 Å². The van der Waals surface area contributed by atoms with Gasteiger partial charge in [-0.25, -0.2) is 4.79 Å². The van der Waals surface area contributed by atoms with Crippen molar-refractivity contribution in [1.29, 1.82) is 0 Å². The van der Waals surface area contributed by atoms with Gasteiger partial charge in [0.15, 0.2) is 0 Å². The fourth-order valence-electron chi connectivity index (χ4n) is 2.06. The lowest BCUT2D eigenvalue weighted by Gasteiger charge is -2.04. The highest BCUT2D eigenvalue weighted by atomic mass is 79.9. The highest BCUT2D eigenvalue weighted by Gasteiger charge is 2.06. The Kier molecular flexibility index (Phi) is 3.24. The van der Waals surface area contributed by atoms with Crippen molar-refractivity contribution in [3.63, 3.8) is 0 Å². The molecular weight excluding hydrogens is 318 g/mol. The molecule has 0 bridgehead atoms. The molecule has 0 aliphatic carbocycles. The number of nitrogens with zero attached hydrogens (tertiary/aromatic N) is 1. The second kappa shape index (κ2) is 5.06. The van der Waals surface area contributed by atoms with Crippen LogP contribution in [0.2, 0.25) is 0 Å². The minimum absolute atomic E-state index is 0.271. The lowest BCUT2D eigenvalue weighted by Crippen LogP contribution is -1.95. The summed E-state index contributed by atoms with van der Waals surface area (Å²) >= 11 is 3.40. The molecule has 4 heteroatoms. The largest absolute Gasteiger partial charge is 0.478 e. The standard InChI is InChI=1S/C16H10BrNO2/c17-14-4-1-10(2-5-14)13-8-12-7-11(16(19)20)3-6-15(12)18-9-13/h1-9H,(H,19,20). The van der Waals surface area contributed by atoms with E-state index in [1.807, 2.05) is 30.3 Å². The Labute approximate surface area is 124 Å². The van der Waals surface area contributed by atoms with Crippen molar-refractivity contribution in [3.05, 3.63) is 64.8 Å². The number of hydrogen-bond donors (Lipinski definition) is 1. The number of carboxylic acids is 1. The molecule has 3 rings (SSSR count). The third-order valence-electron chi connectivity index (χ3n) is 3.11. The van der Waals surface area contributed by atoms with E-state index in [-0.39, 0.29) is 5.56 Å². The van der Waals surface area contributed by atoms with Gasteiger partial charge in [0.1, 0.15) is 0 Å². The molecule has 0 atom stereocenters. The summed E-state index contributed by atoms with van der Waals surface area (Å²) in [5.41, 5.74) is 3.07. The SMILES string of the molecule is O=C(O)c1ccc2ncc(-c3ccc(Br)cc3)cc2c1. The van der Waals surface area contributed by atoms with E-state index in [9.17, 15) is 4.79 Å². The van der Waals surface area contributed by atoms with E-state index in [0.29, 0.717) is 0 Å². The van der Waals surface area contributed by atoms with E-state index in [4.69, 9.17) is 5.11 Å². The second-order valence-corrected chi connectivity index (χ2v) is 5.36. The summed E-state index contributed by atoms with van der Waals surface area (Å²) in [6.07, 6.45) is 1.80. The third kappa shape index (κ3) is 2.42. The summed E-state index contributed by atoms with van der Waals surface area (Å²) in [5, 5.41) is 9.86. The Bertz CT molecular complexity index is 797. The van der Waals surface area contributed by atoms with E-state index in [1.54, 1.807) is 24.4 Å². The number of carbonyl (C=O) groups is 1. The van der Waals surface area contributed by atoms with Gasteiger partial charge < -0.3 is 5.11 Å². The molecule has 1 heterocycles. The highest BCUT2D eigenvalue weighted by molar-refractivity contribution is 9.10. The number of carboxylic acid groups (broad SMARTS) is 1. The zero-order valence-electron chi connectivity index (χ0n) is 10.4. The number of aromatic nitrogens is 1. The maximum Gasteiger partial charge on any atom is 0.335 e. The summed E-state index contributed by atoms with van der Waals surface area (Å²) in [7, 11) is 0. The number of aromatic carboxylic acids is 1. The first-order valence-electron chi connectivity index (χ1n) is 6.02. The van der Waals surface area contributed by atoms with Crippen molar-refractivity contribution >= 4 is 32.8 Å². The van der Waals surface area contributed by atoms with E-state index in [1.165, 1.54) is 0 Å². The third-order valence-corrected chi connectivity index (χ3v) is 3.63. The van der Waals surface area contributed by atoms with E-state index >= 15 is 0 Å². The molecule has 0 spiro atoms.